The molecule has 0 spiro atoms. The molecule has 0 atom stereocenters. The third-order valence-electron chi connectivity index (χ3n) is 3.88. The maximum Gasteiger partial charge on any atom is 0.258 e. The summed E-state index contributed by atoms with van der Waals surface area (Å²) in [6.45, 7) is 2.32. The van der Waals surface area contributed by atoms with Gasteiger partial charge in [0.15, 0.2) is 6.61 Å². The zero-order valence-electron chi connectivity index (χ0n) is 13.3. The molecule has 0 aliphatic carbocycles. The minimum atomic E-state index is 0.275. The Bertz CT molecular complexity index is 969. The molecule has 4 aromatic rings. The molecular formula is C20H16N2O2. The molecule has 0 aliphatic heterocycles. The number of hydrogen-bond acceptors (Lipinski definition) is 4. The van der Waals surface area contributed by atoms with Crippen LogP contribution in [0.25, 0.3) is 22.2 Å². The number of aromatic nitrogens is 2. The van der Waals surface area contributed by atoms with Crippen molar-refractivity contribution in [3.8, 4) is 17.2 Å². The van der Waals surface area contributed by atoms with Crippen LogP contribution in [0.15, 0.2) is 71.3 Å². The highest BCUT2D eigenvalue weighted by Crippen LogP contribution is 2.27. The Hall–Kier alpha value is -3.14. The second-order valence-corrected chi connectivity index (χ2v) is 5.64. The first-order valence-corrected chi connectivity index (χ1v) is 7.80. The van der Waals surface area contributed by atoms with E-state index in [0.717, 1.165) is 22.1 Å². The molecule has 1 aromatic heterocycles. The lowest BCUT2D eigenvalue weighted by molar-refractivity contribution is 0.287. The van der Waals surface area contributed by atoms with Gasteiger partial charge in [-0.05, 0) is 35.9 Å². The van der Waals surface area contributed by atoms with Crippen molar-refractivity contribution >= 4 is 10.8 Å². The lowest BCUT2D eigenvalue weighted by Gasteiger charge is -2.03. The first-order chi connectivity index (χ1) is 11.8. The Labute approximate surface area is 139 Å². The summed E-state index contributed by atoms with van der Waals surface area (Å²) >= 11 is 0. The Morgan fingerprint density at radius 1 is 0.917 bits per heavy atom. The number of fused-ring (bicyclic) bond motifs is 1. The summed E-state index contributed by atoms with van der Waals surface area (Å²) in [6.07, 6.45) is 0. The molecule has 0 unspecified atom stereocenters. The summed E-state index contributed by atoms with van der Waals surface area (Å²) in [6, 6.07) is 22.1. The third kappa shape index (κ3) is 2.86. The maximum absolute atomic E-state index is 5.70. The number of hydrogen-bond donors (Lipinski definition) is 0. The van der Waals surface area contributed by atoms with Crippen molar-refractivity contribution in [1.29, 1.82) is 0 Å². The van der Waals surface area contributed by atoms with Gasteiger partial charge in [-0.3, -0.25) is 0 Å². The first kappa shape index (κ1) is 14.5. The fraction of sp³-hybridized carbons (Fsp3) is 0.100. The summed E-state index contributed by atoms with van der Waals surface area (Å²) in [5.41, 5.74) is 2.13. The third-order valence-corrected chi connectivity index (χ3v) is 3.88. The molecule has 1 heterocycles. The van der Waals surface area contributed by atoms with E-state index >= 15 is 0 Å². The lowest BCUT2D eigenvalue weighted by atomic mass is 10.0. The molecule has 0 N–H and O–H groups in total. The van der Waals surface area contributed by atoms with E-state index in [1.54, 1.807) is 0 Å². The van der Waals surface area contributed by atoms with E-state index in [4.69, 9.17) is 9.26 Å². The quantitative estimate of drug-likeness (QED) is 0.544. The molecule has 4 nitrogen and oxygen atoms in total. The molecule has 0 amide bonds. The lowest BCUT2D eigenvalue weighted by Crippen LogP contribution is -1.97. The van der Waals surface area contributed by atoms with Crippen LogP contribution < -0.4 is 4.74 Å². The maximum atomic E-state index is 5.70. The summed E-state index contributed by atoms with van der Waals surface area (Å²) in [7, 11) is 0. The minimum absolute atomic E-state index is 0.275. The second kappa shape index (κ2) is 6.16. The summed E-state index contributed by atoms with van der Waals surface area (Å²) < 4.78 is 11.1. The molecule has 0 fully saturated rings. The van der Waals surface area contributed by atoms with E-state index in [-0.39, 0.29) is 6.61 Å². The molecular weight excluding hydrogens is 300 g/mol. The molecule has 4 rings (SSSR count). The second-order valence-electron chi connectivity index (χ2n) is 5.64. The Balaban J connectivity index is 1.57. The summed E-state index contributed by atoms with van der Waals surface area (Å²) in [5, 5.41) is 6.26. The molecule has 0 radical (unpaired) electrons. The number of aryl methyl sites for hydroxylation is 1. The molecule has 4 heteroatoms. The van der Waals surface area contributed by atoms with Crippen molar-refractivity contribution in [1.82, 2.24) is 10.1 Å². The van der Waals surface area contributed by atoms with E-state index < -0.39 is 0 Å². The van der Waals surface area contributed by atoms with Gasteiger partial charge >= 0.3 is 0 Å². The number of rotatable bonds is 4. The zero-order chi connectivity index (χ0) is 16.4. The van der Waals surface area contributed by atoms with Gasteiger partial charge in [0, 0.05) is 5.56 Å². The van der Waals surface area contributed by atoms with Gasteiger partial charge in [-0.25, -0.2) is 0 Å². The largest absolute Gasteiger partial charge is 0.485 e. The van der Waals surface area contributed by atoms with Crippen molar-refractivity contribution in [2.45, 2.75) is 13.5 Å². The van der Waals surface area contributed by atoms with Crippen LogP contribution in [0, 0.1) is 6.92 Å². The summed E-state index contributed by atoms with van der Waals surface area (Å²) in [4.78, 5) is 4.46. The number of ether oxygens (including phenoxy) is 1. The minimum Gasteiger partial charge on any atom is -0.485 e. The first-order valence-electron chi connectivity index (χ1n) is 7.80. The predicted octanol–water partition coefficient (Wildman–Crippen LogP) is 4.78. The van der Waals surface area contributed by atoms with Gasteiger partial charge in [-0.15, -0.1) is 0 Å². The SMILES string of the molecule is Cc1ccc(OCc2noc(-c3cccc4ccccc34)n2)cc1. The van der Waals surface area contributed by atoms with E-state index in [2.05, 4.69) is 28.3 Å². The highest BCUT2D eigenvalue weighted by Gasteiger charge is 2.12. The van der Waals surface area contributed by atoms with Crippen LogP contribution in [-0.2, 0) is 6.61 Å². The van der Waals surface area contributed by atoms with Gasteiger partial charge in [-0.1, -0.05) is 59.3 Å². The Morgan fingerprint density at radius 3 is 2.58 bits per heavy atom. The van der Waals surface area contributed by atoms with Gasteiger partial charge in [-0.2, -0.15) is 4.98 Å². The van der Waals surface area contributed by atoms with E-state index in [1.165, 1.54) is 5.56 Å². The monoisotopic (exact) mass is 316 g/mol. The topological polar surface area (TPSA) is 48.2 Å². The van der Waals surface area contributed by atoms with Gasteiger partial charge < -0.3 is 9.26 Å². The van der Waals surface area contributed by atoms with Crippen LogP contribution in [0.4, 0.5) is 0 Å². The van der Waals surface area contributed by atoms with E-state index in [1.807, 2.05) is 55.5 Å². The highest BCUT2D eigenvalue weighted by molar-refractivity contribution is 5.94. The smallest absolute Gasteiger partial charge is 0.258 e. The summed E-state index contributed by atoms with van der Waals surface area (Å²) in [5.74, 6) is 1.82. The van der Waals surface area contributed by atoms with Crippen molar-refractivity contribution < 1.29 is 9.26 Å². The van der Waals surface area contributed by atoms with Crippen LogP contribution in [-0.4, -0.2) is 10.1 Å². The fourth-order valence-corrected chi connectivity index (χ4v) is 2.62. The fourth-order valence-electron chi connectivity index (χ4n) is 2.62. The molecule has 118 valence electrons. The molecule has 0 saturated heterocycles. The molecule has 0 saturated carbocycles. The Kier molecular flexibility index (Phi) is 3.71. The van der Waals surface area contributed by atoms with Gasteiger partial charge in [0.2, 0.25) is 5.82 Å². The normalized spacial score (nSPS) is 10.9. The number of nitrogens with zero attached hydrogens (tertiary/aromatic N) is 2. The average molecular weight is 316 g/mol. The molecule has 0 aliphatic rings. The zero-order valence-corrected chi connectivity index (χ0v) is 13.3. The van der Waals surface area contributed by atoms with Crippen molar-refractivity contribution in [2.75, 3.05) is 0 Å². The predicted molar refractivity (Wildman–Crippen MR) is 92.8 cm³/mol. The highest BCUT2D eigenvalue weighted by atomic mass is 16.5. The van der Waals surface area contributed by atoms with Crippen molar-refractivity contribution in [3.05, 3.63) is 78.1 Å². The molecule has 24 heavy (non-hydrogen) atoms. The standard InChI is InChI=1S/C20H16N2O2/c1-14-9-11-16(12-10-14)23-13-19-21-20(24-22-19)18-8-4-6-15-5-2-3-7-17(15)18/h2-12H,13H2,1H3. The molecule has 3 aromatic carbocycles. The van der Waals surface area contributed by atoms with Gasteiger partial charge in [0.1, 0.15) is 5.75 Å². The van der Waals surface area contributed by atoms with Crippen LogP contribution in [0.3, 0.4) is 0 Å². The van der Waals surface area contributed by atoms with Crippen LogP contribution >= 0.6 is 0 Å². The van der Waals surface area contributed by atoms with E-state index in [0.29, 0.717) is 11.7 Å². The number of benzene rings is 3. The van der Waals surface area contributed by atoms with E-state index in [9.17, 15) is 0 Å². The van der Waals surface area contributed by atoms with Crippen molar-refractivity contribution in [3.63, 3.8) is 0 Å². The van der Waals surface area contributed by atoms with Gasteiger partial charge in [0.05, 0.1) is 0 Å². The van der Waals surface area contributed by atoms with Crippen LogP contribution in [0.2, 0.25) is 0 Å². The molecule has 0 bridgehead atoms. The van der Waals surface area contributed by atoms with Gasteiger partial charge in [0.25, 0.3) is 5.89 Å². The average Bonchev–Trinajstić information content (AvgIpc) is 3.09. The van der Waals surface area contributed by atoms with Crippen LogP contribution in [0.5, 0.6) is 5.75 Å². The van der Waals surface area contributed by atoms with Crippen molar-refractivity contribution in [2.24, 2.45) is 0 Å². The van der Waals surface area contributed by atoms with Crippen LogP contribution in [0.1, 0.15) is 11.4 Å². The Morgan fingerprint density at radius 2 is 1.71 bits per heavy atom.